The van der Waals surface area contributed by atoms with E-state index in [1.54, 1.807) is 25.1 Å². The van der Waals surface area contributed by atoms with Crippen molar-refractivity contribution < 1.29 is 17.7 Å². The largest absolute Gasteiger partial charge is 0.407 e. The highest BCUT2D eigenvalue weighted by molar-refractivity contribution is 5.20. The first-order chi connectivity index (χ1) is 9.47. The number of nitrogens with zero attached hydrogens (tertiary/aromatic N) is 2. The number of hydrogen-bond acceptors (Lipinski definition) is 4. The lowest BCUT2D eigenvalue weighted by atomic mass is 10.1. The smallest absolute Gasteiger partial charge is 0.340 e. The quantitative estimate of drug-likeness (QED) is 0.917. The van der Waals surface area contributed by atoms with E-state index in [0.717, 1.165) is 0 Å². The average Bonchev–Trinajstić information content (AvgIpc) is 2.80. The number of benzene rings is 1. The minimum atomic E-state index is -4.35. The fourth-order valence-electron chi connectivity index (χ4n) is 1.84. The minimum absolute atomic E-state index is 0.109. The van der Waals surface area contributed by atoms with Gasteiger partial charge in [-0.05, 0) is 5.56 Å². The highest BCUT2D eigenvalue weighted by Gasteiger charge is 2.40. The number of halogens is 3. The Morgan fingerprint density at radius 2 is 1.95 bits per heavy atom. The zero-order chi connectivity index (χ0) is 14.6. The molecule has 108 valence electrons. The van der Waals surface area contributed by atoms with Gasteiger partial charge in [0.25, 0.3) is 0 Å². The van der Waals surface area contributed by atoms with Crippen molar-refractivity contribution in [2.75, 3.05) is 6.54 Å². The molecular weight excluding hydrogens is 271 g/mol. The summed E-state index contributed by atoms with van der Waals surface area (Å²) in [4.78, 5) is 3.94. The molecule has 0 aliphatic rings. The monoisotopic (exact) mass is 285 g/mol. The molecule has 0 radical (unpaired) electrons. The van der Waals surface area contributed by atoms with Gasteiger partial charge in [-0.1, -0.05) is 35.5 Å². The summed E-state index contributed by atoms with van der Waals surface area (Å²) in [5, 5.41) is 6.13. The third-order valence-corrected chi connectivity index (χ3v) is 2.73. The van der Waals surface area contributed by atoms with Crippen LogP contribution in [0, 0.1) is 6.92 Å². The van der Waals surface area contributed by atoms with Crippen LogP contribution in [-0.2, 0) is 6.42 Å². The van der Waals surface area contributed by atoms with Gasteiger partial charge in [0.15, 0.2) is 5.82 Å². The predicted molar refractivity (Wildman–Crippen MR) is 66.0 cm³/mol. The summed E-state index contributed by atoms with van der Waals surface area (Å²) in [6.45, 7) is 1.74. The van der Waals surface area contributed by atoms with Gasteiger partial charge < -0.3 is 9.84 Å². The highest BCUT2D eigenvalue weighted by atomic mass is 19.4. The van der Waals surface area contributed by atoms with Gasteiger partial charge in [0.1, 0.15) is 6.04 Å². The zero-order valence-corrected chi connectivity index (χ0v) is 10.8. The molecule has 1 aromatic heterocycles. The van der Waals surface area contributed by atoms with Crippen molar-refractivity contribution in [1.29, 1.82) is 0 Å². The number of aryl methyl sites for hydroxylation is 1. The van der Waals surface area contributed by atoms with Crippen molar-refractivity contribution in [2.24, 2.45) is 0 Å². The zero-order valence-electron chi connectivity index (χ0n) is 10.8. The molecule has 1 aromatic carbocycles. The molecule has 0 amide bonds. The van der Waals surface area contributed by atoms with Gasteiger partial charge in [-0.25, -0.2) is 0 Å². The fourth-order valence-corrected chi connectivity index (χ4v) is 1.84. The van der Waals surface area contributed by atoms with Crippen molar-refractivity contribution in [3.63, 3.8) is 0 Å². The molecule has 2 rings (SSSR count). The molecule has 20 heavy (non-hydrogen) atoms. The van der Waals surface area contributed by atoms with Crippen molar-refractivity contribution in [3.8, 4) is 0 Å². The third-order valence-electron chi connectivity index (χ3n) is 2.73. The van der Waals surface area contributed by atoms with E-state index in [-0.39, 0.29) is 18.5 Å². The Morgan fingerprint density at radius 1 is 1.25 bits per heavy atom. The summed E-state index contributed by atoms with van der Waals surface area (Å²) in [5.41, 5.74) is 0.185. The lowest BCUT2D eigenvalue weighted by molar-refractivity contribution is -0.157. The van der Waals surface area contributed by atoms with E-state index in [1.807, 2.05) is 0 Å². The van der Waals surface area contributed by atoms with Gasteiger partial charge >= 0.3 is 6.18 Å². The SMILES string of the molecule is Cc1nc(CCNC(c2ccccc2)C(F)(F)F)no1. The second-order valence-corrected chi connectivity index (χ2v) is 4.32. The molecule has 2 aromatic rings. The van der Waals surface area contributed by atoms with Crippen molar-refractivity contribution in [1.82, 2.24) is 15.5 Å². The molecule has 1 atom stereocenters. The number of nitrogens with one attached hydrogen (secondary N) is 1. The van der Waals surface area contributed by atoms with E-state index in [4.69, 9.17) is 4.52 Å². The van der Waals surface area contributed by atoms with Crippen LogP contribution in [0.1, 0.15) is 23.3 Å². The van der Waals surface area contributed by atoms with Crippen LogP contribution in [0.15, 0.2) is 34.9 Å². The van der Waals surface area contributed by atoms with Crippen molar-refractivity contribution in [3.05, 3.63) is 47.6 Å². The Morgan fingerprint density at radius 3 is 2.50 bits per heavy atom. The average molecular weight is 285 g/mol. The first-order valence-corrected chi connectivity index (χ1v) is 6.11. The molecule has 1 N–H and O–H groups in total. The Kier molecular flexibility index (Phi) is 4.39. The van der Waals surface area contributed by atoms with E-state index in [1.165, 1.54) is 12.1 Å². The number of alkyl halides is 3. The van der Waals surface area contributed by atoms with Gasteiger partial charge in [0.2, 0.25) is 5.89 Å². The lowest BCUT2D eigenvalue weighted by Crippen LogP contribution is -2.35. The van der Waals surface area contributed by atoms with Crippen LogP contribution in [0.3, 0.4) is 0 Å². The molecular formula is C13H14F3N3O. The standard InChI is InChI=1S/C13H14F3N3O/c1-9-18-11(19-20-9)7-8-17-12(13(14,15)16)10-5-3-2-4-6-10/h2-6,12,17H,7-8H2,1H3. The molecule has 0 saturated heterocycles. The van der Waals surface area contributed by atoms with Gasteiger partial charge in [-0.15, -0.1) is 0 Å². The van der Waals surface area contributed by atoms with Gasteiger partial charge in [-0.2, -0.15) is 18.2 Å². The number of rotatable bonds is 5. The van der Waals surface area contributed by atoms with Gasteiger partial charge in [0, 0.05) is 19.9 Å². The topological polar surface area (TPSA) is 51.0 Å². The Bertz CT molecular complexity index is 539. The molecule has 1 unspecified atom stereocenters. The summed E-state index contributed by atoms with van der Waals surface area (Å²) < 4.78 is 43.8. The van der Waals surface area contributed by atoms with Crippen LogP contribution in [0.4, 0.5) is 13.2 Å². The molecule has 0 bridgehead atoms. The van der Waals surface area contributed by atoms with E-state index in [2.05, 4.69) is 15.5 Å². The van der Waals surface area contributed by atoms with E-state index in [9.17, 15) is 13.2 Å². The number of hydrogen-bond donors (Lipinski definition) is 1. The van der Waals surface area contributed by atoms with Gasteiger partial charge in [0.05, 0.1) is 0 Å². The molecule has 1 heterocycles. The second-order valence-electron chi connectivity index (χ2n) is 4.32. The molecule has 0 fully saturated rings. The minimum Gasteiger partial charge on any atom is -0.340 e. The van der Waals surface area contributed by atoms with E-state index >= 15 is 0 Å². The molecule has 0 aliphatic heterocycles. The maximum atomic E-state index is 13.0. The summed E-state index contributed by atoms with van der Waals surface area (Å²) in [5.74, 6) is 0.791. The predicted octanol–water partition coefficient (Wildman–Crippen LogP) is 2.81. The first-order valence-electron chi connectivity index (χ1n) is 6.11. The van der Waals surface area contributed by atoms with Crippen LogP contribution in [0.25, 0.3) is 0 Å². The maximum absolute atomic E-state index is 13.0. The summed E-state index contributed by atoms with van der Waals surface area (Å²) in [6.07, 6.45) is -4.08. The normalized spacial score (nSPS) is 13.4. The molecule has 7 heteroatoms. The van der Waals surface area contributed by atoms with Crippen molar-refractivity contribution in [2.45, 2.75) is 25.6 Å². The maximum Gasteiger partial charge on any atom is 0.407 e. The molecule has 4 nitrogen and oxygen atoms in total. The van der Waals surface area contributed by atoms with E-state index < -0.39 is 12.2 Å². The molecule has 0 aliphatic carbocycles. The van der Waals surface area contributed by atoms with E-state index in [0.29, 0.717) is 11.7 Å². The molecule has 0 saturated carbocycles. The Balaban J connectivity index is 1.99. The second kappa shape index (κ2) is 6.04. The van der Waals surface area contributed by atoms with Crippen LogP contribution < -0.4 is 5.32 Å². The highest BCUT2D eigenvalue weighted by Crippen LogP contribution is 2.32. The Hall–Kier alpha value is -1.89. The first kappa shape index (κ1) is 14.5. The van der Waals surface area contributed by atoms with Crippen LogP contribution in [-0.4, -0.2) is 22.9 Å². The lowest BCUT2D eigenvalue weighted by Gasteiger charge is -2.21. The summed E-state index contributed by atoms with van der Waals surface area (Å²) in [7, 11) is 0. The van der Waals surface area contributed by atoms with Crippen LogP contribution in [0.2, 0.25) is 0 Å². The van der Waals surface area contributed by atoms with Gasteiger partial charge in [-0.3, -0.25) is 0 Å². The van der Waals surface area contributed by atoms with Crippen LogP contribution in [0.5, 0.6) is 0 Å². The van der Waals surface area contributed by atoms with Crippen molar-refractivity contribution >= 4 is 0 Å². The summed E-state index contributed by atoms with van der Waals surface area (Å²) >= 11 is 0. The Labute approximate surface area is 114 Å². The van der Waals surface area contributed by atoms with Crippen LogP contribution >= 0.6 is 0 Å². The number of aromatic nitrogens is 2. The summed E-state index contributed by atoms with van der Waals surface area (Å²) in [6, 6.07) is 6.04. The molecule has 0 spiro atoms. The fraction of sp³-hybridized carbons (Fsp3) is 0.385. The third kappa shape index (κ3) is 3.80.